The maximum absolute atomic E-state index is 13.0. The average Bonchev–Trinajstić information content (AvgIpc) is 2.70. The molecule has 0 bridgehead atoms. The molecule has 5 heteroatoms. The molecule has 1 saturated heterocycles. The van der Waals surface area contributed by atoms with Gasteiger partial charge in [0.1, 0.15) is 11.4 Å². The Hall–Kier alpha value is -2.37. The molecule has 2 atom stereocenters. The summed E-state index contributed by atoms with van der Waals surface area (Å²) in [5, 5.41) is 3.46. The largest absolute Gasteiger partial charge is 0.497 e. The Bertz CT molecular complexity index is 763. The maximum atomic E-state index is 13.0. The SMILES string of the molecule is COc1cccc(C2(OC(=O)c3ccccc3)CCNCC2CN(C)C)c1. The molecule has 0 saturated carbocycles. The molecule has 2 unspecified atom stereocenters. The van der Waals surface area contributed by atoms with Gasteiger partial charge in [-0.1, -0.05) is 30.3 Å². The molecule has 0 aliphatic carbocycles. The Balaban J connectivity index is 2.02. The maximum Gasteiger partial charge on any atom is 0.339 e. The Kier molecular flexibility index (Phi) is 6.14. The number of benzene rings is 2. The molecule has 0 aromatic heterocycles. The van der Waals surface area contributed by atoms with E-state index < -0.39 is 5.60 Å². The monoisotopic (exact) mass is 368 g/mol. The molecule has 0 amide bonds. The lowest BCUT2D eigenvalue weighted by atomic mass is 9.75. The van der Waals surface area contributed by atoms with Gasteiger partial charge >= 0.3 is 5.97 Å². The Morgan fingerprint density at radius 2 is 1.96 bits per heavy atom. The summed E-state index contributed by atoms with van der Waals surface area (Å²) in [7, 11) is 5.75. The van der Waals surface area contributed by atoms with Crippen molar-refractivity contribution >= 4 is 5.97 Å². The van der Waals surface area contributed by atoms with E-state index in [1.807, 2.05) is 56.6 Å². The van der Waals surface area contributed by atoms with Gasteiger partial charge in [0.2, 0.25) is 0 Å². The molecular formula is C22H28N2O3. The van der Waals surface area contributed by atoms with Gasteiger partial charge in [0, 0.05) is 25.4 Å². The molecule has 1 aliphatic heterocycles. The van der Waals surface area contributed by atoms with E-state index in [4.69, 9.17) is 9.47 Å². The average molecular weight is 368 g/mol. The van der Waals surface area contributed by atoms with E-state index in [0.717, 1.165) is 37.4 Å². The first-order valence-corrected chi connectivity index (χ1v) is 9.33. The Labute approximate surface area is 161 Å². The molecule has 1 N–H and O–H groups in total. The van der Waals surface area contributed by atoms with Crippen LogP contribution in [0.15, 0.2) is 54.6 Å². The number of nitrogens with zero attached hydrogens (tertiary/aromatic N) is 1. The second-order valence-corrected chi connectivity index (χ2v) is 7.29. The van der Waals surface area contributed by atoms with E-state index in [2.05, 4.69) is 10.2 Å². The van der Waals surface area contributed by atoms with Gasteiger partial charge in [0.25, 0.3) is 0 Å². The first kappa shape index (κ1) is 19.4. The summed E-state index contributed by atoms with van der Waals surface area (Å²) in [4.78, 5) is 15.1. The number of ether oxygens (including phenoxy) is 2. The van der Waals surface area contributed by atoms with Crippen molar-refractivity contribution in [1.29, 1.82) is 0 Å². The van der Waals surface area contributed by atoms with Crippen LogP contribution in [0.1, 0.15) is 22.3 Å². The summed E-state index contributed by atoms with van der Waals surface area (Å²) in [5.74, 6) is 0.606. The third-order valence-electron chi connectivity index (χ3n) is 5.15. The van der Waals surface area contributed by atoms with Gasteiger partial charge in [-0.05, 0) is 50.5 Å². The third-order valence-corrected chi connectivity index (χ3v) is 5.15. The number of rotatable bonds is 6. The van der Waals surface area contributed by atoms with E-state index in [0.29, 0.717) is 5.56 Å². The second kappa shape index (κ2) is 8.55. The molecule has 5 nitrogen and oxygen atoms in total. The molecule has 144 valence electrons. The Morgan fingerprint density at radius 3 is 2.67 bits per heavy atom. The zero-order chi connectivity index (χ0) is 19.3. The normalized spacial score (nSPS) is 22.4. The standard InChI is InChI=1S/C22H28N2O3/c1-24(2)16-19-15-23-13-12-22(19,18-10-7-11-20(14-18)26-3)27-21(25)17-8-5-4-6-9-17/h4-11,14,19,23H,12-13,15-16H2,1-3H3. The van der Waals surface area contributed by atoms with Gasteiger partial charge in [-0.25, -0.2) is 4.79 Å². The van der Waals surface area contributed by atoms with Crippen LogP contribution in [0.5, 0.6) is 5.75 Å². The van der Waals surface area contributed by atoms with Crippen molar-refractivity contribution in [3.63, 3.8) is 0 Å². The van der Waals surface area contributed by atoms with Crippen LogP contribution < -0.4 is 10.1 Å². The summed E-state index contributed by atoms with van der Waals surface area (Å²) in [6.45, 7) is 2.40. The van der Waals surface area contributed by atoms with Crippen molar-refractivity contribution in [1.82, 2.24) is 10.2 Å². The first-order valence-electron chi connectivity index (χ1n) is 9.33. The quantitative estimate of drug-likeness (QED) is 0.795. The fourth-order valence-electron chi connectivity index (χ4n) is 3.83. The number of nitrogens with one attached hydrogen (secondary N) is 1. The number of carbonyl (C=O) groups excluding carboxylic acids is 1. The van der Waals surface area contributed by atoms with Gasteiger partial charge in [0.05, 0.1) is 12.7 Å². The lowest BCUT2D eigenvalue weighted by Gasteiger charge is -2.45. The molecule has 2 aromatic carbocycles. The van der Waals surface area contributed by atoms with E-state index in [-0.39, 0.29) is 11.9 Å². The number of hydrogen-bond acceptors (Lipinski definition) is 5. The molecule has 0 spiro atoms. The van der Waals surface area contributed by atoms with Crippen molar-refractivity contribution in [2.75, 3.05) is 40.8 Å². The van der Waals surface area contributed by atoms with Crippen molar-refractivity contribution in [3.8, 4) is 5.75 Å². The highest BCUT2D eigenvalue weighted by atomic mass is 16.6. The van der Waals surface area contributed by atoms with Gasteiger partial charge < -0.3 is 19.7 Å². The van der Waals surface area contributed by atoms with Crippen LogP contribution in [-0.4, -0.2) is 51.7 Å². The molecule has 1 aliphatic rings. The van der Waals surface area contributed by atoms with Crippen molar-refractivity contribution in [2.24, 2.45) is 5.92 Å². The van der Waals surface area contributed by atoms with E-state index in [1.54, 1.807) is 19.2 Å². The predicted octanol–water partition coefficient (Wildman–Crippen LogP) is 2.92. The minimum Gasteiger partial charge on any atom is -0.497 e. The molecule has 2 aromatic rings. The van der Waals surface area contributed by atoms with Crippen LogP contribution in [0.25, 0.3) is 0 Å². The van der Waals surface area contributed by atoms with Gasteiger partial charge in [-0.3, -0.25) is 0 Å². The summed E-state index contributed by atoms with van der Waals surface area (Å²) < 4.78 is 11.7. The van der Waals surface area contributed by atoms with E-state index >= 15 is 0 Å². The zero-order valence-electron chi connectivity index (χ0n) is 16.3. The van der Waals surface area contributed by atoms with E-state index in [9.17, 15) is 4.79 Å². The van der Waals surface area contributed by atoms with E-state index in [1.165, 1.54) is 0 Å². The lowest BCUT2D eigenvalue weighted by Crippen LogP contribution is -2.53. The molecule has 27 heavy (non-hydrogen) atoms. The van der Waals surface area contributed by atoms with Crippen molar-refractivity contribution in [2.45, 2.75) is 12.0 Å². The number of piperidine rings is 1. The highest BCUT2D eigenvalue weighted by Gasteiger charge is 2.46. The predicted molar refractivity (Wildman–Crippen MR) is 106 cm³/mol. The number of carbonyl (C=O) groups is 1. The minimum absolute atomic E-state index is 0.126. The van der Waals surface area contributed by atoms with Crippen molar-refractivity contribution in [3.05, 3.63) is 65.7 Å². The van der Waals surface area contributed by atoms with Crippen LogP contribution in [0.2, 0.25) is 0 Å². The third kappa shape index (κ3) is 4.31. The number of hydrogen-bond donors (Lipinski definition) is 1. The second-order valence-electron chi connectivity index (χ2n) is 7.29. The molecule has 3 rings (SSSR count). The number of methoxy groups -OCH3 is 1. The summed E-state index contributed by atoms with van der Waals surface area (Å²) in [6, 6.07) is 17.1. The zero-order valence-corrected chi connectivity index (χ0v) is 16.3. The lowest BCUT2D eigenvalue weighted by molar-refractivity contribution is -0.0768. The van der Waals surface area contributed by atoms with Gasteiger partial charge in [-0.2, -0.15) is 0 Å². The molecule has 0 radical (unpaired) electrons. The van der Waals surface area contributed by atoms with Crippen molar-refractivity contribution < 1.29 is 14.3 Å². The highest BCUT2D eigenvalue weighted by molar-refractivity contribution is 5.89. The molecule has 1 heterocycles. The fraction of sp³-hybridized carbons (Fsp3) is 0.409. The van der Waals surface area contributed by atoms with Gasteiger partial charge in [0.15, 0.2) is 0 Å². The smallest absolute Gasteiger partial charge is 0.339 e. The van der Waals surface area contributed by atoms with Gasteiger partial charge in [-0.15, -0.1) is 0 Å². The van der Waals surface area contributed by atoms with Crippen LogP contribution in [-0.2, 0) is 10.3 Å². The molecule has 1 fully saturated rings. The van der Waals surface area contributed by atoms with Crippen LogP contribution in [0.4, 0.5) is 0 Å². The summed E-state index contributed by atoms with van der Waals surface area (Å²) in [5.41, 5.74) is 0.859. The van der Waals surface area contributed by atoms with Crippen LogP contribution >= 0.6 is 0 Å². The molecular weight excluding hydrogens is 340 g/mol. The topological polar surface area (TPSA) is 50.8 Å². The Morgan fingerprint density at radius 1 is 1.19 bits per heavy atom. The van der Waals surface area contributed by atoms with Crippen LogP contribution in [0.3, 0.4) is 0 Å². The van der Waals surface area contributed by atoms with Crippen LogP contribution in [0, 0.1) is 5.92 Å². The summed E-state index contributed by atoms with van der Waals surface area (Å²) in [6.07, 6.45) is 0.719. The highest BCUT2D eigenvalue weighted by Crippen LogP contribution is 2.41. The first-order chi connectivity index (χ1) is 13.0. The summed E-state index contributed by atoms with van der Waals surface area (Å²) >= 11 is 0. The fourth-order valence-corrected chi connectivity index (χ4v) is 3.83. The number of esters is 1. The minimum atomic E-state index is -0.697.